The molecule has 0 aliphatic rings. The molecule has 0 N–H and O–H groups in total. The summed E-state index contributed by atoms with van der Waals surface area (Å²) in [6, 6.07) is 19.6. The van der Waals surface area contributed by atoms with Gasteiger partial charge in [-0.25, -0.2) is 14.8 Å². The minimum Gasteiger partial charge on any atom is -0.464 e. The molecule has 2 heterocycles. The van der Waals surface area contributed by atoms with Crippen LogP contribution in [-0.2, 0) is 4.74 Å². The Morgan fingerprint density at radius 2 is 1.46 bits per heavy atom. The van der Waals surface area contributed by atoms with Gasteiger partial charge in [-0.1, -0.05) is 60.7 Å². The Labute approximate surface area is 150 Å². The van der Waals surface area contributed by atoms with Crippen molar-refractivity contribution in [1.82, 2.24) is 19.6 Å². The summed E-state index contributed by atoms with van der Waals surface area (Å²) in [6.45, 7) is 1.74. The molecule has 2 aromatic heterocycles. The van der Waals surface area contributed by atoms with Crippen LogP contribution in [0.1, 0.15) is 16.2 Å². The molecule has 128 valence electrons. The summed E-state index contributed by atoms with van der Waals surface area (Å²) in [7, 11) is 1.34. The topological polar surface area (TPSA) is 69.4 Å². The molecule has 2 aromatic carbocycles. The van der Waals surface area contributed by atoms with Crippen molar-refractivity contribution < 1.29 is 9.53 Å². The highest BCUT2D eigenvalue weighted by molar-refractivity contribution is 5.90. The van der Waals surface area contributed by atoms with Crippen LogP contribution in [0.4, 0.5) is 0 Å². The van der Waals surface area contributed by atoms with Gasteiger partial charge in [0.05, 0.1) is 12.8 Å². The van der Waals surface area contributed by atoms with Gasteiger partial charge in [0.25, 0.3) is 5.78 Å². The Kier molecular flexibility index (Phi) is 3.93. The van der Waals surface area contributed by atoms with Crippen LogP contribution in [-0.4, -0.2) is 32.7 Å². The number of aryl methyl sites for hydroxylation is 1. The molecule has 0 saturated carbocycles. The van der Waals surface area contributed by atoms with Crippen molar-refractivity contribution in [3.8, 4) is 22.5 Å². The average Bonchev–Trinajstić information content (AvgIpc) is 3.02. The van der Waals surface area contributed by atoms with Crippen molar-refractivity contribution in [3.05, 3.63) is 72.1 Å². The van der Waals surface area contributed by atoms with Crippen LogP contribution in [0.25, 0.3) is 28.3 Å². The smallest absolute Gasteiger partial charge is 0.358 e. The molecule has 0 unspecified atom stereocenters. The summed E-state index contributed by atoms with van der Waals surface area (Å²) >= 11 is 0. The van der Waals surface area contributed by atoms with E-state index in [0.29, 0.717) is 22.9 Å². The first-order chi connectivity index (χ1) is 12.7. The standard InChI is InChI=1S/C20H16N4O2/c1-13-18(19(25)26-2)24-20(21-13)22-16(14-9-5-3-6-10-14)17(23-24)15-11-7-4-8-12-15/h3-12H,1-2H3. The Morgan fingerprint density at radius 3 is 2.04 bits per heavy atom. The summed E-state index contributed by atoms with van der Waals surface area (Å²) in [5, 5.41) is 4.70. The van der Waals surface area contributed by atoms with Crippen molar-refractivity contribution in [3.63, 3.8) is 0 Å². The van der Waals surface area contributed by atoms with Gasteiger partial charge in [-0.3, -0.25) is 0 Å². The summed E-state index contributed by atoms with van der Waals surface area (Å²) in [6.07, 6.45) is 0. The lowest BCUT2D eigenvalue weighted by atomic mass is 10.0. The van der Waals surface area contributed by atoms with E-state index in [1.807, 2.05) is 60.7 Å². The number of rotatable bonds is 3. The summed E-state index contributed by atoms with van der Waals surface area (Å²) < 4.78 is 6.33. The summed E-state index contributed by atoms with van der Waals surface area (Å²) in [4.78, 5) is 21.3. The first-order valence-electron chi connectivity index (χ1n) is 8.15. The molecular formula is C20H16N4O2. The second-order valence-electron chi connectivity index (χ2n) is 5.79. The Morgan fingerprint density at radius 1 is 0.885 bits per heavy atom. The molecule has 0 fully saturated rings. The quantitative estimate of drug-likeness (QED) is 0.532. The lowest BCUT2D eigenvalue weighted by Gasteiger charge is -2.09. The first-order valence-corrected chi connectivity index (χ1v) is 8.15. The number of hydrogen-bond acceptors (Lipinski definition) is 5. The third kappa shape index (κ3) is 2.61. The third-order valence-electron chi connectivity index (χ3n) is 4.12. The number of carbonyl (C=O) groups is 1. The maximum atomic E-state index is 12.2. The second kappa shape index (κ2) is 6.40. The molecule has 0 aliphatic carbocycles. The third-order valence-corrected chi connectivity index (χ3v) is 4.12. The second-order valence-corrected chi connectivity index (χ2v) is 5.79. The van der Waals surface area contributed by atoms with Crippen LogP contribution >= 0.6 is 0 Å². The van der Waals surface area contributed by atoms with E-state index in [1.54, 1.807) is 6.92 Å². The fourth-order valence-corrected chi connectivity index (χ4v) is 2.89. The van der Waals surface area contributed by atoms with E-state index in [4.69, 9.17) is 14.8 Å². The molecule has 0 spiro atoms. The normalized spacial score (nSPS) is 10.8. The molecule has 0 aliphatic heterocycles. The molecule has 6 nitrogen and oxygen atoms in total. The molecule has 4 rings (SSSR count). The number of hydrogen-bond donors (Lipinski definition) is 0. The van der Waals surface area contributed by atoms with E-state index < -0.39 is 5.97 Å². The van der Waals surface area contributed by atoms with Crippen LogP contribution in [0.3, 0.4) is 0 Å². The van der Waals surface area contributed by atoms with E-state index in [1.165, 1.54) is 11.6 Å². The van der Waals surface area contributed by atoms with Gasteiger partial charge in [-0.2, -0.15) is 9.61 Å². The number of benzene rings is 2. The SMILES string of the molecule is COC(=O)c1c(C)nc2nc(-c3ccccc3)c(-c3ccccc3)nn12. The number of imidazole rings is 1. The number of nitrogens with zero attached hydrogens (tertiary/aromatic N) is 4. The van der Waals surface area contributed by atoms with Crippen LogP contribution in [0.15, 0.2) is 60.7 Å². The number of fused-ring (bicyclic) bond motifs is 1. The van der Waals surface area contributed by atoms with E-state index in [2.05, 4.69) is 4.98 Å². The lowest BCUT2D eigenvalue weighted by molar-refractivity contribution is 0.0590. The van der Waals surface area contributed by atoms with Gasteiger partial charge >= 0.3 is 5.97 Å². The van der Waals surface area contributed by atoms with Crippen LogP contribution in [0.2, 0.25) is 0 Å². The molecule has 6 heteroatoms. The van der Waals surface area contributed by atoms with Crippen molar-refractivity contribution in [2.24, 2.45) is 0 Å². The van der Waals surface area contributed by atoms with Crippen LogP contribution < -0.4 is 0 Å². The van der Waals surface area contributed by atoms with Gasteiger partial charge < -0.3 is 4.74 Å². The first kappa shape index (κ1) is 16.0. The number of methoxy groups -OCH3 is 1. The lowest BCUT2D eigenvalue weighted by Crippen LogP contribution is -2.11. The fraction of sp³-hybridized carbons (Fsp3) is 0.100. The Balaban J connectivity index is 2.06. The minimum absolute atomic E-state index is 0.284. The highest BCUT2D eigenvalue weighted by atomic mass is 16.5. The van der Waals surface area contributed by atoms with E-state index in [-0.39, 0.29) is 5.69 Å². The van der Waals surface area contributed by atoms with Gasteiger partial charge in [-0.05, 0) is 6.92 Å². The van der Waals surface area contributed by atoms with Gasteiger partial charge in [-0.15, -0.1) is 0 Å². The summed E-state index contributed by atoms with van der Waals surface area (Å²) in [5.41, 5.74) is 4.04. The summed E-state index contributed by atoms with van der Waals surface area (Å²) in [5.74, 6) is -0.128. The van der Waals surface area contributed by atoms with Crippen LogP contribution in [0, 0.1) is 6.92 Å². The van der Waals surface area contributed by atoms with Gasteiger partial charge in [0.1, 0.15) is 11.4 Å². The zero-order valence-corrected chi connectivity index (χ0v) is 14.4. The van der Waals surface area contributed by atoms with Crippen molar-refractivity contribution in [1.29, 1.82) is 0 Å². The van der Waals surface area contributed by atoms with Gasteiger partial charge in [0, 0.05) is 11.1 Å². The molecule has 0 saturated heterocycles. The molecule has 0 amide bonds. The van der Waals surface area contributed by atoms with E-state index in [0.717, 1.165) is 11.1 Å². The maximum absolute atomic E-state index is 12.2. The molecule has 26 heavy (non-hydrogen) atoms. The van der Waals surface area contributed by atoms with Gasteiger partial charge in [0.2, 0.25) is 0 Å². The zero-order valence-electron chi connectivity index (χ0n) is 14.4. The van der Waals surface area contributed by atoms with E-state index >= 15 is 0 Å². The minimum atomic E-state index is -0.490. The Hall–Kier alpha value is -3.54. The number of esters is 1. The van der Waals surface area contributed by atoms with Crippen molar-refractivity contribution in [2.75, 3.05) is 7.11 Å². The number of carbonyl (C=O) groups excluding carboxylic acids is 1. The zero-order chi connectivity index (χ0) is 18.1. The van der Waals surface area contributed by atoms with E-state index in [9.17, 15) is 4.79 Å². The monoisotopic (exact) mass is 344 g/mol. The fourth-order valence-electron chi connectivity index (χ4n) is 2.89. The maximum Gasteiger partial charge on any atom is 0.358 e. The molecular weight excluding hydrogens is 328 g/mol. The predicted molar refractivity (Wildman–Crippen MR) is 97.7 cm³/mol. The predicted octanol–water partition coefficient (Wildman–Crippen LogP) is 3.55. The largest absolute Gasteiger partial charge is 0.464 e. The molecule has 4 aromatic rings. The Bertz CT molecular complexity index is 1090. The van der Waals surface area contributed by atoms with Gasteiger partial charge in [0.15, 0.2) is 5.69 Å². The van der Waals surface area contributed by atoms with Crippen molar-refractivity contribution in [2.45, 2.75) is 6.92 Å². The average molecular weight is 344 g/mol. The number of aromatic nitrogens is 4. The molecule has 0 bridgehead atoms. The number of ether oxygens (including phenoxy) is 1. The molecule has 0 atom stereocenters. The van der Waals surface area contributed by atoms with Crippen LogP contribution in [0.5, 0.6) is 0 Å². The highest BCUT2D eigenvalue weighted by Gasteiger charge is 2.22. The molecule has 0 radical (unpaired) electrons. The highest BCUT2D eigenvalue weighted by Crippen LogP contribution is 2.29. The van der Waals surface area contributed by atoms with Crippen molar-refractivity contribution >= 4 is 11.7 Å².